The molecule has 0 fully saturated rings. The first-order chi connectivity index (χ1) is 7.07. The largest absolute Gasteiger partial charge is 0.479 e. The van der Waals surface area contributed by atoms with Gasteiger partial charge < -0.3 is 20.1 Å². The predicted octanol–water partition coefficient (Wildman–Crippen LogP) is -1.09. The fraction of sp³-hybridized carbons (Fsp3) is 0.667. The summed E-state index contributed by atoms with van der Waals surface area (Å²) in [5.41, 5.74) is -0.969. The van der Waals surface area contributed by atoms with E-state index >= 15 is 0 Å². The summed E-state index contributed by atoms with van der Waals surface area (Å²) >= 11 is 0. The molecule has 0 saturated carbocycles. The van der Waals surface area contributed by atoms with Crippen LogP contribution >= 0.6 is 0 Å². The molecule has 7 nitrogen and oxygen atoms in total. The quantitative estimate of drug-likeness (QED) is 0.419. The molecule has 0 saturated heterocycles. The Morgan fingerprint density at radius 2 is 1.50 bits per heavy atom. The van der Waals surface area contributed by atoms with Gasteiger partial charge in [-0.2, -0.15) is 0 Å². The predicted molar refractivity (Wildman–Crippen MR) is 50.2 cm³/mol. The Bertz CT molecular complexity index is 301. The van der Waals surface area contributed by atoms with Gasteiger partial charge in [-0.3, -0.25) is 4.79 Å². The van der Waals surface area contributed by atoms with Crippen LogP contribution in [-0.2, 0) is 19.1 Å². The molecule has 92 valence electrons. The van der Waals surface area contributed by atoms with Crippen molar-refractivity contribution in [3.05, 3.63) is 0 Å². The van der Waals surface area contributed by atoms with Crippen molar-refractivity contribution in [3.8, 4) is 0 Å². The average molecular weight is 234 g/mol. The van der Waals surface area contributed by atoms with Crippen LogP contribution in [0.15, 0.2) is 0 Å². The van der Waals surface area contributed by atoms with Crippen LogP contribution in [0.1, 0.15) is 20.8 Å². The highest BCUT2D eigenvalue weighted by atomic mass is 16.6. The first-order valence-corrected chi connectivity index (χ1v) is 4.42. The molecule has 3 N–H and O–H groups in total. The summed E-state index contributed by atoms with van der Waals surface area (Å²) < 4.78 is 4.20. The average Bonchev–Trinajstić information content (AvgIpc) is 2.13. The number of hydrogen-bond acceptors (Lipinski definition) is 6. The number of aliphatic hydroxyl groups excluding tert-OH is 2. The molecule has 7 heteroatoms. The van der Waals surface area contributed by atoms with Gasteiger partial charge in [-0.15, -0.1) is 0 Å². The Hall–Kier alpha value is -1.47. The highest BCUT2D eigenvalue weighted by molar-refractivity contribution is 5.92. The summed E-state index contributed by atoms with van der Waals surface area (Å²) in [4.78, 5) is 32.4. The van der Waals surface area contributed by atoms with E-state index in [-0.39, 0.29) is 0 Å². The second-order valence-corrected chi connectivity index (χ2v) is 4.19. The Kier molecular flexibility index (Phi) is 4.58. The lowest BCUT2D eigenvalue weighted by atomic mass is 9.97. The highest BCUT2D eigenvalue weighted by Crippen LogP contribution is 2.15. The molecule has 0 bridgehead atoms. The zero-order valence-electron chi connectivity index (χ0n) is 9.13. The molecule has 0 aromatic rings. The van der Waals surface area contributed by atoms with E-state index in [4.69, 9.17) is 15.3 Å². The summed E-state index contributed by atoms with van der Waals surface area (Å²) in [6, 6.07) is 0. The van der Waals surface area contributed by atoms with Crippen molar-refractivity contribution in [2.45, 2.75) is 33.0 Å². The maximum Gasteiger partial charge on any atom is 0.346 e. The number of carboxylic acid groups (broad SMARTS) is 1. The summed E-state index contributed by atoms with van der Waals surface area (Å²) in [7, 11) is 0. The van der Waals surface area contributed by atoms with Gasteiger partial charge in [0.2, 0.25) is 0 Å². The smallest absolute Gasteiger partial charge is 0.346 e. The number of esters is 2. The third-order valence-corrected chi connectivity index (χ3v) is 1.60. The fourth-order valence-electron chi connectivity index (χ4n) is 0.569. The molecule has 0 radical (unpaired) electrons. The Balaban J connectivity index is 4.49. The van der Waals surface area contributed by atoms with Crippen LogP contribution in [0.25, 0.3) is 0 Å². The minimum absolute atomic E-state index is 0.922. The molecule has 0 aromatic carbocycles. The summed E-state index contributed by atoms with van der Waals surface area (Å²) in [6.45, 7) is 4.42. The van der Waals surface area contributed by atoms with Crippen LogP contribution in [0.5, 0.6) is 0 Å². The van der Waals surface area contributed by atoms with Crippen molar-refractivity contribution in [2.24, 2.45) is 5.41 Å². The van der Waals surface area contributed by atoms with Crippen molar-refractivity contribution < 1.29 is 34.4 Å². The van der Waals surface area contributed by atoms with Crippen LogP contribution in [0.2, 0.25) is 0 Å². The van der Waals surface area contributed by atoms with E-state index in [1.165, 1.54) is 20.8 Å². The first kappa shape index (κ1) is 14.5. The number of aliphatic carboxylic acids is 1. The molecule has 0 amide bonds. The lowest BCUT2D eigenvalue weighted by Crippen LogP contribution is -2.42. The van der Waals surface area contributed by atoms with Gasteiger partial charge in [-0.25, -0.2) is 9.59 Å². The molecule has 0 heterocycles. The van der Waals surface area contributed by atoms with Gasteiger partial charge >= 0.3 is 17.9 Å². The van der Waals surface area contributed by atoms with Gasteiger partial charge in [0.25, 0.3) is 0 Å². The van der Waals surface area contributed by atoms with Gasteiger partial charge in [-0.05, 0) is 20.8 Å². The monoisotopic (exact) mass is 234 g/mol. The lowest BCUT2D eigenvalue weighted by Gasteiger charge is -2.17. The number of rotatable bonds is 3. The van der Waals surface area contributed by atoms with Gasteiger partial charge in [-0.1, -0.05) is 0 Å². The third kappa shape index (κ3) is 3.95. The Morgan fingerprint density at radius 3 is 1.81 bits per heavy atom. The van der Waals surface area contributed by atoms with Crippen molar-refractivity contribution in [1.82, 2.24) is 0 Å². The lowest BCUT2D eigenvalue weighted by molar-refractivity contribution is -0.179. The van der Waals surface area contributed by atoms with Crippen LogP contribution in [0, 0.1) is 5.41 Å². The third-order valence-electron chi connectivity index (χ3n) is 1.60. The van der Waals surface area contributed by atoms with Crippen molar-refractivity contribution in [1.29, 1.82) is 0 Å². The maximum absolute atomic E-state index is 11.2. The van der Waals surface area contributed by atoms with E-state index in [0.717, 1.165) is 0 Å². The zero-order chi connectivity index (χ0) is 13.1. The molecular formula is C9H14O7. The maximum atomic E-state index is 11.2. The minimum Gasteiger partial charge on any atom is -0.479 e. The first-order valence-electron chi connectivity index (χ1n) is 4.42. The van der Waals surface area contributed by atoms with E-state index in [9.17, 15) is 14.4 Å². The van der Waals surface area contributed by atoms with Gasteiger partial charge in [0.15, 0.2) is 12.2 Å². The molecule has 0 spiro atoms. The van der Waals surface area contributed by atoms with Crippen LogP contribution in [-0.4, -0.2) is 45.4 Å². The summed E-state index contributed by atoms with van der Waals surface area (Å²) in [5.74, 6) is -4.20. The van der Waals surface area contributed by atoms with Crippen LogP contribution in [0.3, 0.4) is 0 Å². The zero-order valence-corrected chi connectivity index (χ0v) is 9.13. The normalized spacial score (nSPS) is 15.1. The molecule has 0 aliphatic carbocycles. The van der Waals surface area contributed by atoms with Crippen LogP contribution < -0.4 is 0 Å². The van der Waals surface area contributed by atoms with E-state index in [1.54, 1.807) is 0 Å². The van der Waals surface area contributed by atoms with E-state index < -0.39 is 35.5 Å². The van der Waals surface area contributed by atoms with Gasteiger partial charge in [0.1, 0.15) is 0 Å². The molecule has 2 atom stereocenters. The van der Waals surface area contributed by atoms with Gasteiger partial charge in [0.05, 0.1) is 5.41 Å². The number of ether oxygens (including phenoxy) is 1. The standard InChI is InChI=1S/C9H14O7/c1-9(2,3)8(15)16-7(14)5(11)4(10)6(12)13/h4-5,10-11H,1-3H3,(H,12,13)/t4-,5-/m1/s1. The van der Waals surface area contributed by atoms with Gasteiger partial charge in [0, 0.05) is 0 Å². The Labute approximate surface area is 91.6 Å². The van der Waals surface area contributed by atoms with Crippen molar-refractivity contribution in [3.63, 3.8) is 0 Å². The SMILES string of the molecule is CC(C)(C)C(=O)OC(=O)[C@H](O)[C@@H](O)C(=O)O. The number of carbonyl (C=O) groups is 3. The number of aliphatic hydroxyl groups is 2. The second kappa shape index (κ2) is 5.04. The summed E-state index contributed by atoms with van der Waals surface area (Å²) in [6.07, 6.45) is -4.61. The topological polar surface area (TPSA) is 121 Å². The molecule has 0 rings (SSSR count). The van der Waals surface area contributed by atoms with E-state index in [2.05, 4.69) is 4.74 Å². The number of carbonyl (C=O) groups excluding carboxylic acids is 2. The molecule has 0 unspecified atom stereocenters. The van der Waals surface area contributed by atoms with Crippen LogP contribution in [0.4, 0.5) is 0 Å². The fourth-order valence-corrected chi connectivity index (χ4v) is 0.569. The van der Waals surface area contributed by atoms with E-state index in [0.29, 0.717) is 0 Å². The molecular weight excluding hydrogens is 220 g/mol. The second-order valence-electron chi connectivity index (χ2n) is 4.19. The highest BCUT2D eigenvalue weighted by Gasteiger charge is 2.35. The molecule has 0 aromatic heterocycles. The molecule has 0 aliphatic rings. The van der Waals surface area contributed by atoms with Crippen molar-refractivity contribution >= 4 is 17.9 Å². The van der Waals surface area contributed by atoms with E-state index in [1.807, 2.05) is 0 Å². The van der Waals surface area contributed by atoms with Crippen molar-refractivity contribution in [2.75, 3.05) is 0 Å². The summed E-state index contributed by atoms with van der Waals surface area (Å²) in [5, 5.41) is 26.1. The number of hydrogen-bond donors (Lipinski definition) is 3. The molecule has 16 heavy (non-hydrogen) atoms. The molecule has 0 aliphatic heterocycles. The minimum atomic E-state index is -2.32. The number of carboxylic acids is 1. The Morgan fingerprint density at radius 1 is 1.06 bits per heavy atom.